The maximum Gasteiger partial charge on any atom is 0.128 e. The summed E-state index contributed by atoms with van der Waals surface area (Å²) in [7, 11) is 0. The van der Waals surface area contributed by atoms with Gasteiger partial charge in [0.2, 0.25) is 0 Å². The van der Waals surface area contributed by atoms with Crippen molar-refractivity contribution in [2.45, 2.75) is 13.0 Å². The molecule has 0 saturated carbocycles. The molecule has 1 aromatic carbocycles. The van der Waals surface area contributed by atoms with E-state index in [9.17, 15) is 0 Å². The van der Waals surface area contributed by atoms with Crippen LogP contribution in [0.25, 0.3) is 0 Å². The van der Waals surface area contributed by atoms with E-state index in [2.05, 4.69) is 32.0 Å². The molecule has 2 rings (SSSR count). The van der Waals surface area contributed by atoms with E-state index < -0.39 is 0 Å². The molecule has 0 saturated heterocycles. The first-order chi connectivity index (χ1) is 7.16. The van der Waals surface area contributed by atoms with Crippen molar-refractivity contribution in [1.29, 1.82) is 0 Å². The van der Waals surface area contributed by atoms with E-state index in [0.29, 0.717) is 0 Å². The summed E-state index contributed by atoms with van der Waals surface area (Å²) in [6.45, 7) is 2.05. The average molecular weight is 266 g/mol. The van der Waals surface area contributed by atoms with Gasteiger partial charge in [-0.1, -0.05) is 29.8 Å². The van der Waals surface area contributed by atoms with Gasteiger partial charge in [0.25, 0.3) is 0 Å². The fourth-order valence-corrected chi connectivity index (χ4v) is 1.80. The molecule has 1 aromatic heterocycles. The molecule has 1 heterocycles. The standard InChI is InChI=1S/C11H12BrN3/c1-7-3-2-4-8(5-7)10(13)11-14-6-9(12)15-11/h2-6,10H,13H2,1H3,(H,14,15). The van der Waals surface area contributed by atoms with Crippen LogP contribution in [0, 0.1) is 6.92 Å². The Bertz CT molecular complexity index is 464. The highest BCUT2D eigenvalue weighted by Gasteiger charge is 2.11. The van der Waals surface area contributed by atoms with Gasteiger partial charge in [0, 0.05) is 0 Å². The van der Waals surface area contributed by atoms with Crippen LogP contribution >= 0.6 is 15.9 Å². The third kappa shape index (κ3) is 2.27. The molecule has 4 heteroatoms. The molecule has 0 aliphatic rings. The molecule has 0 bridgehead atoms. The molecule has 0 spiro atoms. The summed E-state index contributed by atoms with van der Waals surface area (Å²) in [5.41, 5.74) is 8.35. The van der Waals surface area contributed by atoms with Crippen molar-refractivity contribution in [3.63, 3.8) is 0 Å². The molecule has 0 aliphatic heterocycles. The van der Waals surface area contributed by atoms with Crippen LogP contribution in [0.15, 0.2) is 35.1 Å². The number of rotatable bonds is 2. The lowest BCUT2D eigenvalue weighted by Crippen LogP contribution is -2.13. The number of H-pyrrole nitrogens is 1. The number of halogens is 1. The summed E-state index contributed by atoms with van der Waals surface area (Å²) in [5.74, 6) is 0.771. The molecule has 0 fully saturated rings. The van der Waals surface area contributed by atoms with E-state index in [4.69, 9.17) is 5.73 Å². The molecule has 3 nitrogen and oxygen atoms in total. The first-order valence-electron chi connectivity index (χ1n) is 4.69. The number of hydrogen-bond donors (Lipinski definition) is 2. The quantitative estimate of drug-likeness (QED) is 0.877. The monoisotopic (exact) mass is 265 g/mol. The van der Waals surface area contributed by atoms with Crippen molar-refractivity contribution in [2.75, 3.05) is 0 Å². The van der Waals surface area contributed by atoms with Gasteiger partial charge in [0.05, 0.1) is 12.2 Å². The van der Waals surface area contributed by atoms with Crippen LogP contribution in [0.4, 0.5) is 0 Å². The molecule has 1 unspecified atom stereocenters. The van der Waals surface area contributed by atoms with Gasteiger partial charge in [-0.05, 0) is 28.4 Å². The van der Waals surface area contributed by atoms with Gasteiger partial charge < -0.3 is 10.7 Å². The summed E-state index contributed by atoms with van der Waals surface area (Å²) in [5, 5.41) is 0. The van der Waals surface area contributed by atoms with Crippen LogP contribution in [-0.4, -0.2) is 9.97 Å². The van der Waals surface area contributed by atoms with Crippen molar-refractivity contribution >= 4 is 15.9 Å². The highest BCUT2D eigenvalue weighted by molar-refractivity contribution is 9.10. The summed E-state index contributed by atoms with van der Waals surface area (Å²) < 4.78 is 0.848. The number of hydrogen-bond acceptors (Lipinski definition) is 2. The number of nitrogens with one attached hydrogen (secondary N) is 1. The maximum absolute atomic E-state index is 6.08. The number of nitrogens with two attached hydrogens (primary N) is 1. The summed E-state index contributed by atoms with van der Waals surface area (Å²) in [4.78, 5) is 7.27. The first-order valence-corrected chi connectivity index (χ1v) is 5.48. The number of benzene rings is 1. The maximum atomic E-state index is 6.08. The van der Waals surface area contributed by atoms with Crippen molar-refractivity contribution < 1.29 is 0 Å². The Balaban J connectivity index is 2.32. The average Bonchev–Trinajstić information content (AvgIpc) is 2.64. The molecule has 3 N–H and O–H groups in total. The third-order valence-electron chi connectivity index (χ3n) is 2.26. The van der Waals surface area contributed by atoms with Gasteiger partial charge in [-0.25, -0.2) is 4.98 Å². The number of aryl methyl sites for hydroxylation is 1. The molecule has 0 radical (unpaired) electrons. The van der Waals surface area contributed by atoms with E-state index in [0.717, 1.165) is 16.0 Å². The minimum absolute atomic E-state index is 0.198. The number of aromatic nitrogens is 2. The summed E-state index contributed by atoms with van der Waals surface area (Å²) in [6.07, 6.45) is 1.71. The normalized spacial score (nSPS) is 12.7. The Hall–Kier alpha value is -1.13. The van der Waals surface area contributed by atoms with Crippen molar-refractivity contribution in [3.05, 3.63) is 52.0 Å². The topological polar surface area (TPSA) is 54.7 Å². The Labute approximate surface area is 96.9 Å². The number of nitrogens with zero attached hydrogens (tertiary/aromatic N) is 1. The van der Waals surface area contributed by atoms with Gasteiger partial charge in [-0.2, -0.15) is 0 Å². The van der Waals surface area contributed by atoms with E-state index in [-0.39, 0.29) is 6.04 Å². The largest absolute Gasteiger partial charge is 0.335 e. The predicted molar refractivity (Wildman–Crippen MR) is 63.5 cm³/mol. The van der Waals surface area contributed by atoms with Gasteiger partial charge in [-0.3, -0.25) is 0 Å². The number of aromatic amines is 1. The molecular weight excluding hydrogens is 254 g/mol. The molecule has 0 aliphatic carbocycles. The SMILES string of the molecule is Cc1cccc(C(N)c2ncc(Br)[nH]2)c1. The highest BCUT2D eigenvalue weighted by Crippen LogP contribution is 2.19. The van der Waals surface area contributed by atoms with Gasteiger partial charge in [-0.15, -0.1) is 0 Å². The smallest absolute Gasteiger partial charge is 0.128 e. The van der Waals surface area contributed by atoms with Crippen LogP contribution in [0.3, 0.4) is 0 Å². The van der Waals surface area contributed by atoms with Gasteiger partial charge in [0.15, 0.2) is 0 Å². The van der Waals surface area contributed by atoms with Crippen LogP contribution < -0.4 is 5.73 Å². The molecule has 2 aromatic rings. The number of imidazole rings is 1. The van der Waals surface area contributed by atoms with Gasteiger partial charge in [0.1, 0.15) is 10.4 Å². The Kier molecular flexibility index (Phi) is 2.88. The van der Waals surface area contributed by atoms with Crippen LogP contribution in [0.5, 0.6) is 0 Å². The zero-order valence-electron chi connectivity index (χ0n) is 8.37. The molecule has 0 amide bonds. The fraction of sp³-hybridized carbons (Fsp3) is 0.182. The second-order valence-electron chi connectivity index (χ2n) is 3.51. The highest BCUT2D eigenvalue weighted by atomic mass is 79.9. The minimum Gasteiger partial charge on any atom is -0.335 e. The second-order valence-corrected chi connectivity index (χ2v) is 4.36. The van der Waals surface area contributed by atoms with E-state index in [1.165, 1.54) is 5.56 Å². The summed E-state index contributed by atoms with van der Waals surface area (Å²) >= 11 is 3.31. The molecule has 15 heavy (non-hydrogen) atoms. The van der Waals surface area contributed by atoms with E-state index in [1.807, 2.05) is 25.1 Å². The Morgan fingerprint density at radius 3 is 2.87 bits per heavy atom. The van der Waals surface area contributed by atoms with E-state index in [1.54, 1.807) is 6.20 Å². The van der Waals surface area contributed by atoms with Crippen molar-refractivity contribution in [3.8, 4) is 0 Å². The Morgan fingerprint density at radius 2 is 2.27 bits per heavy atom. The van der Waals surface area contributed by atoms with Crippen LogP contribution in [0.1, 0.15) is 23.0 Å². The van der Waals surface area contributed by atoms with E-state index >= 15 is 0 Å². The Morgan fingerprint density at radius 1 is 1.47 bits per heavy atom. The third-order valence-corrected chi connectivity index (χ3v) is 2.66. The lowest BCUT2D eigenvalue weighted by atomic mass is 10.1. The minimum atomic E-state index is -0.198. The predicted octanol–water partition coefficient (Wildman–Crippen LogP) is 2.53. The first kappa shape index (κ1) is 10.4. The molecule has 78 valence electrons. The molecule has 1 atom stereocenters. The van der Waals surface area contributed by atoms with Crippen LogP contribution in [0.2, 0.25) is 0 Å². The van der Waals surface area contributed by atoms with Crippen molar-refractivity contribution in [2.24, 2.45) is 5.73 Å². The fourth-order valence-electron chi connectivity index (χ4n) is 1.49. The zero-order valence-corrected chi connectivity index (χ0v) is 9.95. The summed E-state index contributed by atoms with van der Waals surface area (Å²) in [6, 6.07) is 7.93. The van der Waals surface area contributed by atoms with Crippen LogP contribution in [-0.2, 0) is 0 Å². The molecular formula is C11H12BrN3. The lowest BCUT2D eigenvalue weighted by molar-refractivity contribution is 0.798. The second kappa shape index (κ2) is 4.16. The lowest BCUT2D eigenvalue weighted by Gasteiger charge is -2.09. The van der Waals surface area contributed by atoms with Crippen molar-refractivity contribution in [1.82, 2.24) is 9.97 Å². The zero-order chi connectivity index (χ0) is 10.8. The van der Waals surface area contributed by atoms with Gasteiger partial charge >= 0.3 is 0 Å².